The van der Waals surface area contributed by atoms with E-state index in [1.807, 2.05) is 42.5 Å². The van der Waals surface area contributed by atoms with Crippen LogP contribution in [-0.2, 0) is 13.2 Å². The van der Waals surface area contributed by atoms with E-state index in [-0.39, 0.29) is 5.69 Å². The van der Waals surface area contributed by atoms with Crippen molar-refractivity contribution in [1.29, 1.82) is 0 Å². The summed E-state index contributed by atoms with van der Waals surface area (Å²) in [4.78, 5) is 14.8. The molecule has 0 bridgehead atoms. The third kappa shape index (κ3) is 4.54. The first-order chi connectivity index (χ1) is 12.2. The second kappa shape index (κ2) is 7.92. The predicted molar refractivity (Wildman–Crippen MR) is 95.4 cm³/mol. The maximum atomic E-state index is 11.0. The number of hydrogen-bond acceptors (Lipinski definition) is 5. The van der Waals surface area contributed by atoms with Gasteiger partial charge < -0.3 is 10.1 Å². The summed E-state index contributed by atoms with van der Waals surface area (Å²) < 4.78 is 5.70. The number of para-hydroxylation sites is 2. The molecule has 3 rings (SSSR count). The lowest BCUT2D eigenvalue weighted by atomic mass is 10.2. The Morgan fingerprint density at radius 3 is 2.56 bits per heavy atom. The Morgan fingerprint density at radius 2 is 1.76 bits per heavy atom. The van der Waals surface area contributed by atoms with E-state index in [0.717, 1.165) is 11.1 Å². The zero-order valence-corrected chi connectivity index (χ0v) is 13.5. The molecule has 1 heterocycles. The number of hydrogen-bond donors (Lipinski definition) is 1. The Balaban J connectivity index is 1.63. The van der Waals surface area contributed by atoms with Gasteiger partial charge in [-0.3, -0.25) is 10.1 Å². The summed E-state index contributed by atoms with van der Waals surface area (Å²) in [5.41, 5.74) is 2.53. The minimum absolute atomic E-state index is 0.0529. The normalized spacial score (nSPS) is 10.2. The molecule has 0 aliphatic rings. The van der Waals surface area contributed by atoms with Crippen molar-refractivity contribution in [3.05, 3.63) is 94.2 Å². The summed E-state index contributed by atoms with van der Waals surface area (Å²) in [6.45, 7) is 0.879. The van der Waals surface area contributed by atoms with Gasteiger partial charge in [-0.2, -0.15) is 0 Å². The molecule has 6 nitrogen and oxygen atoms in total. The molecule has 126 valence electrons. The highest BCUT2D eigenvalue weighted by atomic mass is 16.6. The van der Waals surface area contributed by atoms with E-state index in [0.29, 0.717) is 24.7 Å². The molecular weight excluding hydrogens is 318 g/mol. The van der Waals surface area contributed by atoms with Crippen molar-refractivity contribution >= 4 is 11.4 Å². The van der Waals surface area contributed by atoms with Crippen molar-refractivity contribution < 1.29 is 9.66 Å². The van der Waals surface area contributed by atoms with Crippen LogP contribution in [0.1, 0.15) is 11.1 Å². The Hall–Kier alpha value is -3.41. The number of ether oxygens (including phenoxy) is 1. The maximum Gasteiger partial charge on any atom is 0.292 e. The molecule has 1 aromatic heterocycles. The van der Waals surface area contributed by atoms with Gasteiger partial charge in [0.05, 0.1) is 4.92 Å². The van der Waals surface area contributed by atoms with Gasteiger partial charge in [-0.15, -0.1) is 0 Å². The fourth-order valence-electron chi connectivity index (χ4n) is 2.35. The molecule has 0 fully saturated rings. The first-order valence-corrected chi connectivity index (χ1v) is 7.81. The molecule has 1 N–H and O–H groups in total. The Bertz CT molecular complexity index is 853. The first kappa shape index (κ1) is 16.4. The van der Waals surface area contributed by atoms with Gasteiger partial charge >= 0.3 is 0 Å². The summed E-state index contributed by atoms with van der Waals surface area (Å²) in [7, 11) is 0. The number of anilines is 1. The number of nitro groups is 1. The molecule has 0 atom stereocenters. The zero-order valence-electron chi connectivity index (χ0n) is 13.5. The number of aromatic nitrogens is 1. The van der Waals surface area contributed by atoms with Crippen LogP contribution in [0.3, 0.4) is 0 Å². The van der Waals surface area contributed by atoms with E-state index in [1.165, 1.54) is 6.07 Å². The van der Waals surface area contributed by atoms with Gasteiger partial charge in [-0.1, -0.05) is 42.5 Å². The maximum absolute atomic E-state index is 11.0. The second-order valence-corrected chi connectivity index (χ2v) is 5.40. The number of pyridine rings is 1. The van der Waals surface area contributed by atoms with Crippen LogP contribution in [0.15, 0.2) is 72.9 Å². The van der Waals surface area contributed by atoms with Crippen molar-refractivity contribution in [3.8, 4) is 5.88 Å². The third-order valence-electron chi connectivity index (χ3n) is 3.61. The minimum atomic E-state index is -0.400. The SMILES string of the molecule is O=[N+]([O-])c1ccccc1NCc1ccnc(OCc2ccccc2)c1. The summed E-state index contributed by atoms with van der Waals surface area (Å²) >= 11 is 0. The van der Waals surface area contributed by atoms with Crippen molar-refractivity contribution in [2.24, 2.45) is 0 Å². The van der Waals surface area contributed by atoms with Crippen LogP contribution >= 0.6 is 0 Å². The van der Waals surface area contributed by atoms with E-state index >= 15 is 0 Å². The molecule has 0 unspecified atom stereocenters. The standard InChI is InChI=1S/C19H17N3O3/c23-22(24)18-9-5-4-8-17(18)21-13-16-10-11-20-19(12-16)25-14-15-6-2-1-3-7-15/h1-12,21H,13-14H2. The average Bonchev–Trinajstić information content (AvgIpc) is 2.66. The van der Waals surface area contributed by atoms with Gasteiger partial charge in [0.15, 0.2) is 0 Å². The van der Waals surface area contributed by atoms with Gasteiger partial charge in [-0.05, 0) is 23.3 Å². The molecule has 0 spiro atoms. The molecule has 2 aromatic carbocycles. The van der Waals surface area contributed by atoms with Crippen LogP contribution in [0.2, 0.25) is 0 Å². The summed E-state index contributed by atoms with van der Waals surface area (Å²) in [6.07, 6.45) is 1.66. The highest BCUT2D eigenvalue weighted by Gasteiger charge is 2.11. The minimum Gasteiger partial charge on any atom is -0.473 e. The smallest absolute Gasteiger partial charge is 0.292 e. The largest absolute Gasteiger partial charge is 0.473 e. The lowest BCUT2D eigenvalue weighted by Crippen LogP contribution is -2.03. The van der Waals surface area contributed by atoms with E-state index < -0.39 is 4.92 Å². The molecule has 0 saturated carbocycles. The Morgan fingerprint density at radius 1 is 1.00 bits per heavy atom. The number of nitrogens with one attached hydrogen (secondary N) is 1. The predicted octanol–water partition coefficient (Wildman–Crippen LogP) is 4.18. The fourth-order valence-corrected chi connectivity index (χ4v) is 2.35. The van der Waals surface area contributed by atoms with Gasteiger partial charge in [-0.25, -0.2) is 4.98 Å². The number of benzene rings is 2. The van der Waals surface area contributed by atoms with E-state index in [2.05, 4.69) is 10.3 Å². The summed E-state index contributed by atoms with van der Waals surface area (Å²) in [5.74, 6) is 0.519. The lowest BCUT2D eigenvalue weighted by Gasteiger charge is -2.09. The fraction of sp³-hybridized carbons (Fsp3) is 0.105. The Labute approximate surface area is 145 Å². The second-order valence-electron chi connectivity index (χ2n) is 5.40. The van der Waals surface area contributed by atoms with E-state index in [1.54, 1.807) is 24.4 Å². The summed E-state index contributed by atoms with van der Waals surface area (Å²) in [5, 5.41) is 14.1. The van der Waals surface area contributed by atoms with Crippen LogP contribution in [-0.4, -0.2) is 9.91 Å². The topological polar surface area (TPSA) is 77.3 Å². The molecular formula is C19H17N3O3. The third-order valence-corrected chi connectivity index (χ3v) is 3.61. The highest BCUT2D eigenvalue weighted by Crippen LogP contribution is 2.24. The quantitative estimate of drug-likeness (QED) is 0.518. The number of nitrogens with zero attached hydrogens (tertiary/aromatic N) is 2. The van der Waals surface area contributed by atoms with E-state index in [9.17, 15) is 10.1 Å². The van der Waals surface area contributed by atoms with Crippen LogP contribution in [0.25, 0.3) is 0 Å². The molecule has 0 saturated heterocycles. The lowest BCUT2D eigenvalue weighted by molar-refractivity contribution is -0.384. The van der Waals surface area contributed by atoms with Crippen LogP contribution in [0.5, 0.6) is 5.88 Å². The molecule has 25 heavy (non-hydrogen) atoms. The first-order valence-electron chi connectivity index (χ1n) is 7.81. The summed E-state index contributed by atoms with van der Waals surface area (Å²) in [6, 6.07) is 20.1. The van der Waals surface area contributed by atoms with Gasteiger partial charge in [0.2, 0.25) is 5.88 Å². The van der Waals surface area contributed by atoms with Gasteiger partial charge in [0, 0.05) is 24.9 Å². The molecule has 6 heteroatoms. The number of nitro benzene ring substituents is 1. The monoisotopic (exact) mass is 335 g/mol. The molecule has 3 aromatic rings. The van der Waals surface area contributed by atoms with E-state index in [4.69, 9.17) is 4.74 Å². The Kier molecular flexibility index (Phi) is 5.21. The van der Waals surface area contributed by atoms with Crippen molar-refractivity contribution in [3.63, 3.8) is 0 Å². The highest BCUT2D eigenvalue weighted by molar-refractivity contribution is 5.61. The molecule has 0 aliphatic carbocycles. The van der Waals surface area contributed by atoms with Crippen LogP contribution < -0.4 is 10.1 Å². The number of rotatable bonds is 7. The van der Waals surface area contributed by atoms with Gasteiger partial charge in [0.1, 0.15) is 12.3 Å². The van der Waals surface area contributed by atoms with Crippen LogP contribution in [0.4, 0.5) is 11.4 Å². The molecule has 0 radical (unpaired) electrons. The average molecular weight is 335 g/mol. The van der Waals surface area contributed by atoms with Crippen molar-refractivity contribution in [2.45, 2.75) is 13.2 Å². The van der Waals surface area contributed by atoms with Crippen molar-refractivity contribution in [1.82, 2.24) is 4.98 Å². The van der Waals surface area contributed by atoms with Crippen LogP contribution in [0, 0.1) is 10.1 Å². The molecule has 0 aliphatic heterocycles. The van der Waals surface area contributed by atoms with Crippen molar-refractivity contribution in [2.75, 3.05) is 5.32 Å². The van der Waals surface area contributed by atoms with Gasteiger partial charge in [0.25, 0.3) is 5.69 Å². The molecule has 0 amide bonds. The zero-order chi connectivity index (χ0) is 17.5.